The minimum Gasteiger partial charge on any atom is -0.340 e. The normalized spacial score (nSPS) is 22.9. The number of carbonyl (C=O) groups excluding carboxylic acids is 1. The highest BCUT2D eigenvalue weighted by Crippen LogP contribution is 2.14. The van der Waals surface area contributed by atoms with Crippen molar-refractivity contribution in [2.24, 2.45) is 11.8 Å². The average Bonchev–Trinajstić information content (AvgIpc) is 2.17. The lowest BCUT2D eigenvalue weighted by Gasteiger charge is -2.31. The quantitative estimate of drug-likeness (QED) is 0.689. The molecule has 0 aromatic heterocycles. The van der Waals surface area contributed by atoms with Crippen LogP contribution in [0.5, 0.6) is 0 Å². The van der Waals surface area contributed by atoms with E-state index < -0.39 is 0 Å². The van der Waals surface area contributed by atoms with E-state index in [0.29, 0.717) is 18.9 Å². The van der Waals surface area contributed by atoms with Gasteiger partial charge in [0.05, 0.1) is 6.10 Å². The second-order valence-electron chi connectivity index (χ2n) is 4.34. The Balaban J connectivity index is 2.39. The zero-order valence-corrected chi connectivity index (χ0v) is 9.03. The molecule has 0 spiro atoms. The van der Waals surface area contributed by atoms with E-state index in [1.807, 2.05) is 4.90 Å². The van der Waals surface area contributed by atoms with Crippen molar-refractivity contribution in [3.63, 3.8) is 0 Å². The number of carbonyl (C=O) groups is 1. The molecule has 1 atom stereocenters. The number of nitrogens with zero attached hydrogens (tertiary/aromatic N) is 1. The van der Waals surface area contributed by atoms with E-state index in [1.54, 1.807) is 0 Å². The van der Waals surface area contributed by atoms with Crippen LogP contribution < -0.4 is 5.90 Å². The molecule has 0 aromatic rings. The molecule has 1 heterocycles. The summed E-state index contributed by atoms with van der Waals surface area (Å²) in [6.45, 7) is 5.62. The van der Waals surface area contributed by atoms with Crippen LogP contribution in [-0.2, 0) is 9.63 Å². The molecule has 14 heavy (non-hydrogen) atoms. The summed E-state index contributed by atoms with van der Waals surface area (Å²) in [5, 5.41) is 0. The molecule has 0 bridgehead atoms. The largest absolute Gasteiger partial charge is 0.340 e. The number of hydrogen-bond donors (Lipinski definition) is 1. The summed E-state index contributed by atoms with van der Waals surface area (Å²) in [5.74, 6) is 5.77. The van der Waals surface area contributed by atoms with Gasteiger partial charge in [-0.2, -0.15) is 0 Å². The fourth-order valence-corrected chi connectivity index (χ4v) is 1.75. The lowest BCUT2D eigenvalue weighted by molar-refractivity contribution is -0.136. The maximum absolute atomic E-state index is 11.7. The zero-order valence-electron chi connectivity index (χ0n) is 9.03. The zero-order chi connectivity index (χ0) is 10.6. The standard InChI is InChI=1S/C10H20N2O2/c1-8(2)6-10(13)12-5-3-4-9(7-12)14-11/h8-9H,3-7,11H2,1-2H3. The van der Waals surface area contributed by atoms with Crippen LogP contribution >= 0.6 is 0 Å². The summed E-state index contributed by atoms with van der Waals surface area (Å²) in [6, 6.07) is 0. The summed E-state index contributed by atoms with van der Waals surface area (Å²) >= 11 is 0. The first-order valence-electron chi connectivity index (χ1n) is 5.26. The molecule has 1 amide bonds. The van der Waals surface area contributed by atoms with E-state index in [1.165, 1.54) is 0 Å². The fourth-order valence-electron chi connectivity index (χ4n) is 1.75. The minimum absolute atomic E-state index is 0.0277. The lowest BCUT2D eigenvalue weighted by Crippen LogP contribution is -2.44. The van der Waals surface area contributed by atoms with Crippen molar-refractivity contribution in [3.05, 3.63) is 0 Å². The van der Waals surface area contributed by atoms with Crippen LogP contribution in [-0.4, -0.2) is 30.0 Å². The van der Waals surface area contributed by atoms with Gasteiger partial charge >= 0.3 is 0 Å². The summed E-state index contributed by atoms with van der Waals surface area (Å²) in [5.41, 5.74) is 0. The van der Waals surface area contributed by atoms with Gasteiger partial charge in [0.15, 0.2) is 0 Å². The molecule has 82 valence electrons. The first-order valence-corrected chi connectivity index (χ1v) is 5.26. The van der Waals surface area contributed by atoms with Gasteiger partial charge in [-0.05, 0) is 18.8 Å². The molecule has 4 nitrogen and oxygen atoms in total. The van der Waals surface area contributed by atoms with Gasteiger partial charge in [-0.3, -0.25) is 9.63 Å². The van der Waals surface area contributed by atoms with Crippen LogP contribution in [0, 0.1) is 5.92 Å². The number of likely N-dealkylation sites (tertiary alicyclic amines) is 1. The Bertz CT molecular complexity index is 195. The van der Waals surface area contributed by atoms with E-state index in [2.05, 4.69) is 13.8 Å². The molecule has 4 heteroatoms. The van der Waals surface area contributed by atoms with E-state index in [0.717, 1.165) is 19.4 Å². The molecule has 1 fully saturated rings. The molecular formula is C10H20N2O2. The van der Waals surface area contributed by atoms with Gasteiger partial charge in [0.2, 0.25) is 5.91 Å². The van der Waals surface area contributed by atoms with Crippen molar-refractivity contribution in [2.45, 2.75) is 39.2 Å². The highest BCUT2D eigenvalue weighted by Gasteiger charge is 2.23. The molecule has 1 saturated heterocycles. The monoisotopic (exact) mass is 200 g/mol. The Kier molecular flexibility index (Phi) is 4.35. The van der Waals surface area contributed by atoms with Crippen LogP contribution in [0.3, 0.4) is 0 Å². The van der Waals surface area contributed by atoms with Crippen molar-refractivity contribution in [1.82, 2.24) is 4.90 Å². The van der Waals surface area contributed by atoms with E-state index in [-0.39, 0.29) is 12.0 Å². The van der Waals surface area contributed by atoms with Crippen molar-refractivity contribution in [1.29, 1.82) is 0 Å². The van der Waals surface area contributed by atoms with Gasteiger partial charge in [-0.15, -0.1) is 0 Å². The predicted molar refractivity (Wildman–Crippen MR) is 54.3 cm³/mol. The molecule has 1 aliphatic heterocycles. The van der Waals surface area contributed by atoms with Gasteiger partial charge in [0.1, 0.15) is 0 Å². The predicted octanol–water partition coefficient (Wildman–Crippen LogP) is 0.914. The number of nitrogens with two attached hydrogens (primary N) is 1. The van der Waals surface area contributed by atoms with E-state index in [9.17, 15) is 4.79 Å². The van der Waals surface area contributed by atoms with E-state index in [4.69, 9.17) is 10.7 Å². The van der Waals surface area contributed by atoms with Crippen molar-refractivity contribution >= 4 is 5.91 Å². The van der Waals surface area contributed by atoms with Gasteiger partial charge in [0.25, 0.3) is 0 Å². The Morgan fingerprint density at radius 1 is 1.64 bits per heavy atom. The van der Waals surface area contributed by atoms with Crippen LogP contribution in [0.1, 0.15) is 33.1 Å². The Morgan fingerprint density at radius 2 is 2.36 bits per heavy atom. The molecule has 0 aromatic carbocycles. The third-order valence-electron chi connectivity index (χ3n) is 2.51. The van der Waals surface area contributed by atoms with Crippen molar-refractivity contribution in [2.75, 3.05) is 13.1 Å². The van der Waals surface area contributed by atoms with Crippen LogP contribution in [0.15, 0.2) is 0 Å². The Labute approximate surface area is 85.3 Å². The Hall–Kier alpha value is -0.610. The fraction of sp³-hybridized carbons (Fsp3) is 0.900. The molecule has 1 aliphatic rings. The van der Waals surface area contributed by atoms with Gasteiger partial charge in [-0.25, -0.2) is 5.90 Å². The SMILES string of the molecule is CC(C)CC(=O)N1CCCC(ON)C1. The highest BCUT2D eigenvalue weighted by molar-refractivity contribution is 5.76. The highest BCUT2D eigenvalue weighted by atomic mass is 16.6. The van der Waals surface area contributed by atoms with Gasteiger partial charge in [-0.1, -0.05) is 13.8 Å². The first kappa shape index (κ1) is 11.5. The second kappa shape index (κ2) is 5.32. The van der Waals surface area contributed by atoms with Gasteiger partial charge in [0, 0.05) is 19.5 Å². The molecule has 1 unspecified atom stereocenters. The molecule has 2 N–H and O–H groups in total. The maximum atomic E-state index is 11.7. The van der Waals surface area contributed by atoms with Crippen LogP contribution in [0.4, 0.5) is 0 Å². The number of piperidine rings is 1. The smallest absolute Gasteiger partial charge is 0.222 e. The lowest BCUT2D eigenvalue weighted by atomic mass is 10.1. The third-order valence-corrected chi connectivity index (χ3v) is 2.51. The molecule has 1 rings (SSSR count). The molecule has 0 saturated carbocycles. The average molecular weight is 200 g/mol. The summed E-state index contributed by atoms with van der Waals surface area (Å²) in [7, 11) is 0. The molecular weight excluding hydrogens is 180 g/mol. The second-order valence-corrected chi connectivity index (χ2v) is 4.34. The van der Waals surface area contributed by atoms with E-state index >= 15 is 0 Å². The van der Waals surface area contributed by atoms with Crippen LogP contribution in [0.2, 0.25) is 0 Å². The summed E-state index contributed by atoms with van der Waals surface area (Å²) in [6.07, 6.45) is 2.60. The van der Waals surface area contributed by atoms with Crippen molar-refractivity contribution < 1.29 is 9.63 Å². The maximum Gasteiger partial charge on any atom is 0.222 e. The molecule has 0 aliphatic carbocycles. The third kappa shape index (κ3) is 3.27. The topological polar surface area (TPSA) is 55.6 Å². The molecule has 0 radical (unpaired) electrons. The van der Waals surface area contributed by atoms with Gasteiger partial charge < -0.3 is 4.90 Å². The number of hydrogen-bond acceptors (Lipinski definition) is 3. The summed E-state index contributed by atoms with van der Waals surface area (Å²) < 4.78 is 0. The number of rotatable bonds is 3. The van der Waals surface area contributed by atoms with Crippen LogP contribution in [0.25, 0.3) is 0 Å². The Morgan fingerprint density at radius 3 is 2.93 bits per heavy atom. The number of amides is 1. The van der Waals surface area contributed by atoms with Crippen molar-refractivity contribution in [3.8, 4) is 0 Å². The first-order chi connectivity index (χ1) is 6.63. The minimum atomic E-state index is 0.0277. The summed E-state index contributed by atoms with van der Waals surface area (Å²) in [4.78, 5) is 18.3.